The van der Waals surface area contributed by atoms with Crippen molar-refractivity contribution in [1.82, 2.24) is 9.97 Å². The highest BCUT2D eigenvalue weighted by molar-refractivity contribution is 6.17. The number of hydrogen-bond acceptors (Lipinski definition) is 1. The van der Waals surface area contributed by atoms with Crippen molar-refractivity contribution in [1.29, 1.82) is 0 Å². The molecule has 0 radical (unpaired) electrons. The molecule has 1 rings (SSSR count). The molecule has 1 heterocycles. The number of nitrogens with one attached hydrogen (secondary N) is 1. The van der Waals surface area contributed by atoms with Crippen LogP contribution in [0.15, 0.2) is 18.7 Å². The van der Waals surface area contributed by atoms with Crippen LogP contribution >= 0.6 is 11.6 Å². The van der Waals surface area contributed by atoms with Gasteiger partial charge in [-0.1, -0.05) is 6.92 Å². The van der Waals surface area contributed by atoms with E-state index in [1.807, 2.05) is 6.92 Å². The van der Waals surface area contributed by atoms with Crippen LogP contribution in [0.1, 0.15) is 13.3 Å². The Morgan fingerprint density at radius 1 is 1.67 bits per heavy atom. The summed E-state index contributed by atoms with van der Waals surface area (Å²) in [6.07, 6.45) is 6.17. The van der Waals surface area contributed by atoms with Gasteiger partial charge in [0.25, 0.3) is 0 Å². The van der Waals surface area contributed by atoms with Crippen LogP contribution < -0.4 is 0 Å². The molecule has 3 heteroatoms. The van der Waals surface area contributed by atoms with Crippen molar-refractivity contribution in [2.45, 2.75) is 13.3 Å². The number of aromatic amines is 1. The molecule has 0 aromatic carbocycles. The molecule has 0 spiro atoms. The third-order valence-electron chi connectivity index (χ3n) is 0.595. The van der Waals surface area contributed by atoms with Crippen LogP contribution in [0.3, 0.4) is 0 Å². The standard InChI is InChI=1S/C3H7Cl.C3H4N2/c1-2-3-4;1-2-5-3-4-1/h2-3H2,1H3;1-3H,(H,4,5). The summed E-state index contributed by atoms with van der Waals surface area (Å²) >= 11 is 5.19. The van der Waals surface area contributed by atoms with Crippen LogP contribution in [-0.4, -0.2) is 15.8 Å². The molecular weight excluding hydrogens is 136 g/mol. The molecule has 0 saturated heterocycles. The SMILES string of the molecule is CCCCl.c1c[nH]cn1. The Bertz CT molecular complexity index is 86.6. The molecule has 1 N–H and O–H groups in total. The predicted octanol–water partition coefficient (Wildman–Crippen LogP) is 2.04. The number of halogens is 1. The van der Waals surface area contributed by atoms with Gasteiger partial charge in [-0.15, -0.1) is 11.6 Å². The van der Waals surface area contributed by atoms with E-state index in [0.717, 1.165) is 12.3 Å². The molecule has 1 aromatic heterocycles. The molecule has 0 aliphatic heterocycles. The van der Waals surface area contributed by atoms with Crippen LogP contribution in [0.5, 0.6) is 0 Å². The van der Waals surface area contributed by atoms with Crippen LogP contribution in [0.2, 0.25) is 0 Å². The summed E-state index contributed by atoms with van der Waals surface area (Å²) in [5.41, 5.74) is 0. The number of aromatic nitrogens is 2. The lowest BCUT2D eigenvalue weighted by molar-refractivity contribution is 1.10. The first-order valence-electron chi connectivity index (χ1n) is 2.90. The molecule has 2 nitrogen and oxygen atoms in total. The number of imidazole rings is 1. The van der Waals surface area contributed by atoms with E-state index in [0.29, 0.717) is 0 Å². The molecule has 0 aliphatic carbocycles. The van der Waals surface area contributed by atoms with E-state index in [4.69, 9.17) is 11.6 Å². The van der Waals surface area contributed by atoms with Gasteiger partial charge in [0.1, 0.15) is 0 Å². The minimum Gasteiger partial charge on any atom is -0.351 e. The van der Waals surface area contributed by atoms with E-state index >= 15 is 0 Å². The molecule has 0 saturated carbocycles. The van der Waals surface area contributed by atoms with Gasteiger partial charge in [0.05, 0.1) is 6.33 Å². The summed E-state index contributed by atoms with van der Waals surface area (Å²) in [7, 11) is 0. The van der Waals surface area contributed by atoms with E-state index in [2.05, 4.69) is 9.97 Å². The van der Waals surface area contributed by atoms with Crippen molar-refractivity contribution in [3.63, 3.8) is 0 Å². The van der Waals surface area contributed by atoms with Crippen LogP contribution in [-0.2, 0) is 0 Å². The van der Waals surface area contributed by atoms with Crippen molar-refractivity contribution in [2.24, 2.45) is 0 Å². The highest BCUT2D eigenvalue weighted by Crippen LogP contribution is 1.75. The topological polar surface area (TPSA) is 28.7 Å². The van der Waals surface area contributed by atoms with Crippen LogP contribution in [0, 0.1) is 0 Å². The molecule has 0 aliphatic rings. The van der Waals surface area contributed by atoms with E-state index in [-0.39, 0.29) is 0 Å². The maximum atomic E-state index is 5.19. The van der Waals surface area contributed by atoms with Gasteiger partial charge in [-0.25, -0.2) is 4.98 Å². The summed E-state index contributed by atoms with van der Waals surface area (Å²) in [5, 5.41) is 0. The van der Waals surface area contributed by atoms with Gasteiger partial charge < -0.3 is 4.98 Å². The lowest BCUT2D eigenvalue weighted by Gasteiger charge is -1.65. The predicted molar refractivity (Wildman–Crippen MR) is 39.6 cm³/mol. The lowest BCUT2D eigenvalue weighted by atomic mass is 10.6. The molecule has 0 amide bonds. The molecule has 0 bridgehead atoms. The number of rotatable bonds is 1. The molecular formula is C6H11ClN2. The van der Waals surface area contributed by atoms with Crippen LogP contribution in [0.25, 0.3) is 0 Å². The average molecular weight is 147 g/mol. The lowest BCUT2D eigenvalue weighted by Crippen LogP contribution is -1.55. The second-order valence-electron chi connectivity index (χ2n) is 1.45. The van der Waals surface area contributed by atoms with E-state index < -0.39 is 0 Å². The Morgan fingerprint density at radius 2 is 2.33 bits per heavy atom. The first kappa shape index (κ1) is 8.50. The van der Waals surface area contributed by atoms with Gasteiger partial charge in [0, 0.05) is 18.3 Å². The van der Waals surface area contributed by atoms with E-state index in [9.17, 15) is 0 Å². The Morgan fingerprint density at radius 3 is 2.44 bits per heavy atom. The van der Waals surface area contributed by atoms with Gasteiger partial charge in [-0.05, 0) is 6.42 Å². The molecule has 52 valence electrons. The summed E-state index contributed by atoms with van der Waals surface area (Å²) in [6, 6.07) is 0. The fourth-order valence-corrected chi connectivity index (χ4v) is 0.215. The third-order valence-corrected chi connectivity index (χ3v) is 0.973. The van der Waals surface area contributed by atoms with Crippen molar-refractivity contribution >= 4 is 11.6 Å². The minimum atomic E-state index is 0.792. The largest absolute Gasteiger partial charge is 0.351 e. The summed E-state index contributed by atoms with van der Waals surface area (Å²) in [5.74, 6) is 0.792. The van der Waals surface area contributed by atoms with Crippen molar-refractivity contribution in [3.8, 4) is 0 Å². The molecule has 9 heavy (non-hydrogen) atoms. The van der Waals surface area contributed by atoms with Crippen LogP contribution in [0.4, 0.5) is 0 Å². The first-order valence-corrected chi connectivity index (χ1v) is 3.44. The van der Waals surface area contributed by atoms with Gasteiger partial charge in [-0.3, -0.25) is 0 Å². The summed E-state index contributed by atoms with van der Waals surface area (Å²) in [4.78, 5) is 6.42. The number of nitrogens with zero attached hydrogens (tertiary/aromatic N) is 1. The number of hydrogen-bond donors (Lipinski definition) is 1. The summed E-state index contributed by atoms with van der Waals surface area (Å²) in [6.45, 7) is 2.05. The maximum Gasteiger partial charge on any atom is 0.0919 e. The fourth-order valence-electron chi connectivity index (χ4n) is 0.215. The second kappa shape index (κ2) is 7.50. The quantitative estimate of drug-likeness (QED) is 0.604. The maximum absolute atomic E-state index is 5.19. The van der Waals surface area contributed by atoms with E-state index in [1.54, 1.807) is 18.7 Å². The molecule has 0 fully saturated rings. The second-order valence-corrected chi connectivity index (χ2v) is 1.83. The number of H-pyrrole nitrogens is 1. The zero-order valence-corrected chi connectivity index (χ0v) is 6.23. The number of alkyl halides is 1. The average Bonchev–Trinajstić information content (AvgIpc) is 2.43. The molecule has 0 atom stereocenters. The monoisotopic (exact) mass is 146 g/mol. The zero-order chi connectivity index (χ0) is 6.95. The van der Waals surface area contributed by atoms with Crippen molar-refractivity contribution < 1.29 is 0 Å². The van der Waals surface area contributed by atoms with E-state index in [1.165, 1.54) is 0 Å². The molecule has 0 unspecified atom stereocenters. The first-order chi connectivity index (χ1) is 4.41. The highest BCUT2D eigenvalue weighted by Gasteiger charge is 1.59. The normalized spacial score (nSPS) is 7.78. The Kier molecular flexibility index (Phi) is 7.08. The minimum absolute atomic E-state index is 0.792. The van der Waals surface area contributed by atoms with Gasteiger partial charge in [-0.2, -0.15) is 0 Å². The third kappa shape index (κ3) is 7.50. The zero-order valence-electron chi connectivity index (χ0n) is 5.47. The van der Waals surface area contributed by atoms with Gasteiger partial charge >= 0.3 is 0 Å². The Labute approximate surface area is 60.3 Å². The Balaban J connectivity index is 0.000000148. The van der Waals surface area contributed by atoms with Crippen molar-refractivity contribution in [3.05, 3.63) is 18.7 Å². The van der Waals surface area contributed by atoms with Gasteiger partial charge in [0.15, 0.2) is 0 Å². The molecule has 1 aromatic rings. The van der Waals surface area contributed by atoms with Gasteiger partial charge in [0.2, 0.25) is 0 Å². The Hall–Kier alpha value is -0.500. The van der Waals surface area contributed by atoms with Crippen molar-refractivity contribution in [2.75, 3.05) is 5.88 Å². The highest BCUT2D eigenvalue weighted by atomic mass is 35.5. The summed E-state index contributed by atoms with van der Waals surface area (Å²) < 4.78 is 0. The fraction of sp³-hybridized carbons (Fsp3) is 0.500. The smallest absolute Gasteiger partial charge is 0.0919 e.